The third kappa shape index (κ3) is 7.10. The zero-order valence-corrected chi connectivity index (χ0v) is 16.0. The van der Waals surface area contributed by atoms with Gasteiger partial charge in [-0.05, 0) is 29.3 Å². The molecule has 28 heavy (non-hydrogen) atoms. The zero-order valence-electron chi connectivity index (χ0n) is 15.2. The number of amides is 1. The minimum Gasteiger partial charge on any atom is -0.406 e. The Bertz CT molecular complexity index is 929. The largest absolute Gasteiger partial charge is 0.573 e. The van der Waals surface area contributed by atoms with E-state index in [4.69, 9.17) is 0 Å². The van der Waals surface area contributed by atoms with Crippen LogP contribution in [0.5, 0.6) is 5.75 Å². The second-order valence-corrected chi connectivity index (χ2v) is 7.90. The average Bonchev–Trinajstić information content (AvgIpc) is 2.55. The van der Waals surface area contributed by atoms with Gasteiger partial charge in [-0.2, -0.15) is 0 Å². The molecule has 0 heterocycles. The van der Waals surface area contributed by atoms with E-state index in [-0.39, 0.29) is 24.6 Å². The molecule has 0 fully saturated rings. The van der Waals surface area contributed by atoms with Crippen molar-refractivity contribution in [1.29, 1.82) is 0 Å². The van der Waals surface area contributed by atoms with Crippen LogP contribution >= 0.6 is 0 Å². The van der Waals surface area contributed by atoms with E-state index in [2.05, 4.69) is 9.46 Å². The van der Waals surface area contributed by atoms with Crippen LogP contribution in [0.3, 0.4) is 0 Å². The Morgan fingerprint density at radius 2 is 1.71 bits per heavy atom. The minimum absolute atomic E-state index is 0.0372. The summed E-state index contributed by atoms with van der Waals surface area (Å²) in [6.45, 7) is 0.173. The molecule has 0 aromatic heterocycles. The van der Waals surface area contributed by atoms with Gasteiger partial charge in [0, 0.05) is 13.6 Å². The number of anilines is 1. The van der Waals surface area contributed by atoms with Gasteiger partial charge in [-0.3, -0.25) is 9.52 Å². The molecule has 0 atom stereocenters. The number of para-hydroxylation sites is 1. The van der Waals surface area contributed by atoms with E-state index in [1.165, 1.54) is 29.2 Å². The monoisotopic (exact) mass is 416 g/mol. The summed E-state index contributed by atoms with van der Waals surface area (Å²) in [5.41, 5.74) is 1.45. The Morgan fingerprint density at radius 3 is 2.29 bits per heavy atom. The summed E-state index contributed by atoms with van der Waals surface area (Å²) in [5.74, 6) is -0.621. The first kappa shape index (κ1) is 21.5. The summed E-state index contributed by atoms with van der Waals surface area (Å²) in [6, 6.07) is 11.8. The van der Waals surface area contributed by atoms with E-state index in [1.54, 1.807) is 31.3 Å². The van der Waals surface area contributed by atoms with Crippen LogP contribution in [-0.2, 0) is 27.8 Å². The quantitative estimate of drug-likeness (QED) is 0.752. The maximum Gasteiger partial charge on any atom is 0.573 e. The lowest BCUT2D eigenvalue weighted by Gasteiger charge is -2.19. The topological polar surface area (TPSA) is 75.7 Å². The number of halogens is 3. The lowest BCUT2D eigenvalue weighted by atomic mass is 10.1. The molecule has 0 aliphatic rings. The highest BCUT2D eigenvalue weighted by molar-refractivity contribution is 7.92. The Balaban J connectivity index is 2.02. The number of rotatable bonds is 7. The van der Waals surface area contributed by atoms with Gasteiger partial charge in [0.15, 0.2) is 0 Å². The molecule has 0 saturated carbocycles. The Labute approximate surface area is 161 Å². The van der Waals surface area contributed by atoms with Crippen molar-refractivity contribution in [3.63, 3.8) is 0 Å². The summed E-state index contributed by atoms with van der Waals surface area (Å²) in [7, 11) is -1.94. The van der Waals surface area contributed by atoms with Gasteiger partial charge in [0.1, 0.15) is 5.75 Å². The number of ether oxygens (including phenoxy) is 1. The van der Waals surface area contributed by atoms with Crippen LogP contribution in [0.2, 0.25) is 0 Å². The SMILES string of the molecule is CN(Cc1ccc(OC(F)(F)F)cc1)C(=O)Cc1ccccc1NS(C)(=O)=O. The number of carbonyl (C=O) groups excluding carboxylic acids is 1. The number of hydrogen-bond acceptors (Lipinski definition) is 4. The zero-order chi connectivity index (χ0) is 20.9. The smallest absolute Gasteiger partial charge is 0.406 e. The van der Waals surface area contributed by atoms with Gasteiger partial charge in [-0.1, -0.05) is 30.3 Å². The fourth-order valence-electron chi connectivity index (χ4n) is 2.43. The number of nitrogens with one attached hydrogen (secondary N) is 1. The van der Waals surface area contributed by atoms with Crippen LogP contribution in [0, 0.1) is 0 Å². The molecule has 0 radical (unpaired) electrons. The van der Waals surface area contributed by atoms with E-state index in [1.807, 2.05) is 0 Å². The highest BCUT2D eigenvalue weighted by Gasteiger charge is 2.31. The molecule has 10 heteroatoms. The van der Waals surface area contributed by atoms with Crippen molar-refractivity contribution in [1.82, 2.24) is 4.90 Å². The van der Waals surface area contributed by atoms with Crippen molar-refractivity contribution in [2.24, 2.45) is 0 Å². The van der Waals surface area contributed by atoms with E-state index in [9.17, 15) is 26.4 Å². The van der Waals surface area contributed by atoms with Gasteiger partial charge < -0.3 is 9.64 Å². The fourth-order valence-corrected chi connectivity index (χ4v) is 3.03. The van der Waals surface area contributed by atoms with Crippen molar-refractivity contribution in [2.75, 3.05) is 18.0 Å². The second kappa shape index (κ2) is 8.51. The molecule has 2 aromatic carbocycles. The lowest BCUT2D eigenvalue weighted by molar-refractivity contribution is -0.274. The van der Waals surface area contributed by atoms with Gasteiger partial charge in [0.05, 0.1) is 18.4 Å². The van der Waals surface area contributed by atoms with E-state index < -0.39 is 16.4 Å². The summed E-state index contributed by atoms with van der Waals surface area (Å²) >= 11 is 0. The highest BCUT2D eigenvalue weighted by atomic mass is 32.2. The number of alkyl halides is 3. The van der Waals surface area contributed by atoms with E-state index in [0.717, 1.165) is 6.26 Å². The number of carbonyl (C=O) groups is 1. The molecule has 2 aromatic rings. The van der Waals surface area contributed by atoms with Crippen LogP contribution in [0.15, 0.2) is 48.5 Å². The molecule has 1 amide bonds. The van der Waals surface area contributed by atoms with Crippen molar-refractivity contribution in [2.45, 2.75) is 19.3 Å². The third-order valence-electron chi connectivity index (χ3n) is 3.66. The molecular formula is C18H19F3N2O4S. The normalized spacial score (nSPS) is 11.8. The number of nitrogens with zero attached hydrogens (tertiary/aromatic N) is 1. The van der Waals surface area contributed by atoms with Gasteiger partial charge in [-0.25, -0.2) is 8.42 Å². The number of sulfonamides is 1. The maximum atomic E-state index is 12.5. The van der Waals surface area contributed by atoms with Crippen molar-refractivity contribution >= 4 is 21.6 Å². The van der Waals surface area contributed by atoms with Gasteiger partial charge in [0.2, 0.25) is 15.9 Å². The number of likely N-dealkylation sites (N-methyl/N-ethyl adjacent to an activating group) is 1. The summed E-state index contributed by atoms with van der Waals surface area (Å²) < 4.78 is 65.6. The van der Waals surface area contributed by atoms with Crippen LogP contribution in [0.25, 0.3) is 0 Å². The predicted molar refractivity (Wildman–Crippen MR) is 98.2 cm³/mol. The molecule has 0 aliphatic carbocycles. The molecule has 6 nitrogen and oxygen atoms in total. The van der Waals surface area contributed by atoms with Crippen LogP contribution in [-0.4, -0.2) is 38.9 Å². The number of hydrogen-bond donors (Lipinski definition) is 1. The first-order valence-corrected chi connectivity index (χ1v) is 9.96. The molecule has 0 aliphatic heterocycles. The van der Waals surface area contributed by atoms with Crippen LogP contribution < -0.4 is 9.46 Å². The minimum atomic E-state index is -4.76. The first-order chi connectivity index (χ1) is 12.9. The molecule has 2 rings (SSSR count). The first-order valence-electron chi connectivity index (χ1n) is 8.07. The molecular weight excluding hydrogens is 397 g/mol. The Morgan fingerprint density at radius 1 is 1.11 bits per heavy atom. The molecule has 152 valence electrons. The molecule has 0 saturated heterocycles. The maximum absolute atomic E-state index is 12.5. The number of benzene rings is 2. The fraction of sp³-hybridized carbons (Fsp3) is 0.278. The van der Waals surface area contributed by atoms with Gasteiger partial charge >= 0.3 is 6.36 Å². The van der Waals surface area contributed by atoms with Gasteiger partial charge in [0.25, 0.3) is 0 Å². The Hall–Kier alpha value is -2.75. The predicted octanol–water partition coefficient (Wildman–Crippen LogP) is 3.16. The summed E-state index contributed by atoms with van der Waals surface area (Å²) in [5, 5.41) is 0. The molecule has 0 bridgehead atoms. The molecule has 0 unspecified atom stereocenters. The van der Waals surface area contributed by atoms with Crippen molar-refractivity contribution in [3.05, 3.63) is 59.7 Å². The standard InChI is InChI=1S/C18H19F3N2O4S/c1-23(12-13-7-9-15(10-8-13)27-18(19,20)21)17(24)11-14-5-3-4-6-16(14)22-28(2,25)26/h3-10,22H,11-12H2,1-2H3. The summed E-state index contributed by atoms with van der Waals surface area (Å²) in [6.07, 6.45) is -3.78. The average molecular weight is 416 g/mol. The highest BCUT2D eigenvalue weighted by Crippen LogP contribution is 2.23. The third-order valence-corrected chi connectivity index (χ3v) is 4.25. The van der Waals surface area contributed by atoms with Crippen molar-refractivity contribution < 1.29 is 31.1 Å². The molecule has 1 N–H and O–H groups in total. The Kier molecular flexibility index (Phi) is 6.55. The summed E-state index contributed by atoms with van der Waals surface area (Å²) in [4.78, 5) is 13.9. The van der Waals surface area contributed by atoms with E-state index >= 15 is 0 Å². The van der Waals surface area contributed by atoms with Gasteiger partial charge in [-0.15, -0.1) is 13.2 Å². The second-order valence-electron chi connectivity index (χ2n) is 6.15. The molecule has 0 spiro atoms. The van der Waals surface area contributed by atoms with E-state index in [0.29, 0.717) is 16.8 Å². The van der Waals surface area contributed by atoms with Crippen molar-refractivity contribution in [3.8, 4) is 5.75 Å². The van der Waals surface area contributed by atoms with Crippen LogP contribution in [0.4, 0.5) is 18.9 Å². The lowest BCUT2D eigenvalue weighted by Crippen LogP contribution is -2.28. The van der Waals surface area contributed by atoms with Crippen LogP contribution in [0.1, 0.15) is 11.1 Å².